The zero-order chi connectivity index (χ0) is 8.91. The van der Waals surface area contributed by atoms with Crippen LogP contribution in [0, 0.1) is 16.1 Å². The van der Waals surface area contributed by atoms with Gasteiger partial charge in [0.1, 0.15) is 5.40 Å². The van der Waals surface area contributed by atoms with Crippen LogP contribution in [0.2, 0.25) is 0 Å². The van der Waals surface area contributed by atoms with E-state index in [1.165, 1.54) is 0 Å². The molecular formula is C7H11NO2S. The zero-order valence-corrected chi connectivity index (χ0v) is 7.44. The van der Waals surface area contributed by atoms with E-state index in [0.717, 1.165) is 11.8 Å². The number of carbonyl (C=O) groups is 1. The molecule has 3 nitrogen and oxygen atoms in total. The molecule has 0 rings (SSSR count). The van der Waals surface area contributed by atoms with Crippen molar-refractivity contribution in [3.63, 3.8) is 0 Å². The van der Waals surface area contributed by atoms with Gasteiger partial charge in [0.05, 0.1) is 5.41 Å². The fraction of sp³-hybridized carbons (Fsp3) is 0.714. The van der Waals surface area contributed by atoms with E-state index in [1.807, 2.05) is 5.40 Å². The van der Waals surface area contributed by atoms with Gasteiger partial charge in [0, 0.05) is 5.75 Å². The molecule has 0 fully saturated rings. The van der Waals surface area contributed by atoms with Crippen molar-refractivity contribution < 1.29 is 9.90 Å². The van der Waals surface area contributed by atoms with E-state index in [1.54, 1.807) is 13.8 Å². The Morgan fingerprint density at radius 3 is 2.64 bits per heavy atom. The Bertz CT molecular complexity index is 183. The molecule has 4 heteroatoms. The number of carboxylic acids is 1. The van der Waals surface area contributed by atoms with Gasteiger partial charge in [-0.3, -0.25) is 4.79 Å². The summed E-state index contributed by atoms with van der Waals surface area (Å²) >= 11 is 1.09. The van der Waals surface area contributed by atoms with Gasteiger partial charge in [-0.05, 0) is 32.0 Å². The predicted octanol–water partition coefficient (Wildman–Crippen LogP) is 1.70. The average molecular weight is 173 g/mol. The normalized spacial score (nSPS) is 10.6. The molecule has 0 aliphatic heterocycles. The Balaban J connectivity index is 3.75. The minimum atomic E-state index is -0.809. The molecule has 0 atom stereocenters. The third-order valence-corrected chi connectivity index (χ3v) is 2.01. The summed E-state index contributed by atoms with van der Waals surface area (Å²) in [6.07, 6.45) is 0.528. The fourth-order valence-corrected chi connectivity index (χ4v) is 1.16. The maximum Gasteiger partial charge on any atom is 0.309 e. The van der Waals surface area contributed by atoms with Crippen LogP contribution in [-0.2, 0) is 4.79 Å². The summed E-state index contributed by atoms with van der Waals surface area (Å²) in [7, 11) is 0. The van der Waals surface area contributed by atoms with Crippen molar-refractivity contribution >= 4 is 17.7 Å². The highest BCUT2D eigenvalue weighted by Gasteiger charge is 2.26. The molecule has 1 N–H and O–H groups in total. The topological polar surface area (TPSA) is 61.1 Å². The molecule has 0 unspecified atom stereocenters. The summed E-state index contributed by atoms with van der Waals surface area (Å²) in [4.78, 5) is 10.5. The number of carboxylic acid groups (broad SMARTS) is 1. The molecule has 0 aromatic rings. The van der Waals surface area contributed by atoms with Gasteiger partial charge in [-0.1, -0.05) is 0 Å². The Morgan fingerprint density at radius 2 is 2.27 bits per heavy atom. The molecule has 0 spiro atoms. The largest absolute Gasteiger partial charge is 0.481 e. The van der Waals surface area contributed by atoms with Crippen LogP contribution in [0.4, 0.5) is 0 Å². The van der Waals surface area contributed by atoms with E-state index in [4.69, 9.17) is 10.4 Å². The van der Waals surface area contributed by atoms with E-state index in [2.05, 4.69) is 0 Å². The highest BCUT2D eigenvalue weighted by molar-refractivity contribution is 8.03. The first kappa shape index (κ1) is 10.3. The summed E-state index contributed by atoms with van der Waals surface area (Å²) in [5.41, 5.74) is -0.705. The maximum atomic E-state index is 10.5. The molecule has 62 valence electrons. The SMILES string of the molecule is CC(C)(CCSC#N)C(=O)O. The summed E-state index contributed by atoms with van der Waals surface area (Å²) in [6, 6.07) is 0. The van der Waals surface area contributed by atoms with Crippen LogP contribution < -0.4 is 0 Å². The van der Waals surface area contributed by atoms with Crippen molar-refractivity contribution in [1.29, 1.82) is 5.26 Å². The smallest absolute Gasteiger partial charge is 0.309 e. The molecule has 0 aliphatic carbocycles. The van der Waals surface area contributed by atoms with Crippen LogP contribution in [-0.4, -0.2) is 16.8 Å². The van der Waals surface area contributed by atoms with Crippen LogP contribution >= 0.6 is 11.8 Å². The Kier molecular flexibility index (Phi) is 3.98. The van der Waals surface area contributed by atoms with Crippen molar-refractivity contribution in [2.75, 3.05) is 5.75 Å². The number of aliphatic carboxylic acids is 1. The van der Waals surface area contributed by atoms with E-state index in [-0.39, 0.29) is 0 Å². The number of hydrogen-bond donors (Lipinski definition) is 1. The van der Waals surface area contributed by atoms with Gasteiger partial charge in [0.25, 0.3) is 0 Å². The van der Waals surface area contributed by atoms with Crippen molar-refractivity contribution in [1.82, 2.24) is 0 Å². The highest BCUT2D eigenvalue weighted by atomic mass is 32.2. The van der Waals surface area contributed by atoms with Gasteiger partial charge < -0.3 is 5.11 Å². The van der Waals surface area contributed by atoms with Gasteiger partial charge >= 0.3 is 5.97 Å². The molecule has 0 amide bonds. The summed E-state index contributed by atoms with van der Waals surface area (Å²) in [5.74, 6) is -0.230. The molecule has 0 aromatic heterocycles. The van der Waals surface area contributed by atoms with E-state index in [0.29, 0.717) is 12.2 Å². The Morgan fingerprint density at radius 1 is 1.73 bits per heavy atom. The minimum absolute atomic E-state index is 0.528. The monoisotopic (exact) mass is 173 g/mol. The third-order valence-electron chi connectivity index (χ3n) is 1.47. The number of thioether (sulfide) groups is 1. The minimum Gasteiger partial charge on any atom is -0.481 e. The van der Waals surface area contributed by atoms with Crippen LogP contribution in [0.1, 0.15) is 20.3 Å². The van der Waals surface area contributed by atoms with Crippen molar-refractivity contribution in [3.05, 3.63) is 0 Å². The van der Waals surface area contributed by atoms with E-state index >= 15 is 0 Å². The number of nitriles is 1. The molecule has 11 heavy (non-hydrogen) atoms. The highest BCUT2D eigenvalue weighted by Crippen LogP contribution is 2.22. The second-order valence-corrected chi connectivity index (χ2v) is 3.76. The molecule has 0 saturated heterocycles. The van der Waals surface area contributed by atoms with E-state index < -0.39 is 11.4 Å². The second kappa shape index (κ2) is 4.24. The summed E-state index contributed by atoms with van der Waals surface area (Å²) in [5, 5.41) is 18.7. The lowest BCUT2D eigenvalue weighted by molar-refractivity contribution is -0.146. The molecule has 0 radical (unpaired) electrons. The van der Waals surface area contributed by atoms with Crippen molar-refractivity contribution in [3.8, 4) is 5.40 Å². The molecule has 0 aliphatic rings. The third kappa shape index (κ3) is 3.89. The number of rotatable bonds is 4. The van der Waals surface area contributed by atoms with Gasteiger partial charge in [-0.15, -0.1) is 0 Å². The van der Waals surface area contributed by atoms with Crippen LogP contribution in [0.25, 0.3) is 0 Å². The first-order chi connectivity index (χ1) is 5.00. The van der Waals surface area contributed by atoms with Gasteiger partial charge in [-0.25, -0.2) is 0 Å². The van der Waals surface area contributed by atoms with Gasteiger partial charge in [0.15, 0.2) is 0 Å². The standard InChI is InChI=1S/C7H11NO2S/c1-7(2,6(9)10)3-4-11-5-8/h3-4H2,1-2H3,(H,9,10). The van der Waals surface area contributed by atoms with Crippen molar-refractivity contribution in [2.45, 2.75) is 20.3 Å². The average Bonchev–Trinajstić information content (AvgIpc) is 1.88. The van der Waals surface area contributed by atoms with Crippen LogP contribution in [0.5, 0.6) is 0 Å². The van der Waals surface area contributed by atoms with Crippen LogP contribution in [0.15, 0.2) is 0 Å². The Hall–Kier alpha value is -0.690. The molecule has 0 bridgehead atoms. The van der Waals surface area contributed by atoms with Crippen LogP contribution in [0.3, 0.4) is 0 Å². The summed E-state index contributed by atoms with van der Waals surface area (Å²) < 4.78 is 0. The number of thiocyanates is 1. The lowest BCUT2D eigenvalue weighted by Crippen LogP contribution is -2.24. The molecule has 0 saturated carbocycles. The maximum absolute atomic E-state index is 10.5. The first-order valence-electron chi connectivity index (χ1n) is 3.25. The Labute approximate surface area is 70.4 Å². The zero-order valence-electron chi connectivity index (χ0n) is 6.63. The lowest BCUT2D eigenvalue weighted by atomic mass is 9.91. The number of nitrogens with zero attached hydrogens (tertiary/aromatic N) is 1. The lowest BCUT2D eigenvalue weighted by Gasteiger charge is -2.16. The molecule has 0 heterocycles. The molecule has 0 aromatic carbocycles. The predicted molar refractivity (Wildman–Crippen MR) is 44.1 cm³/mol. The number of hydrogen-bond acceptors (Lipinski definition) is 3. The second-order valence-electron chi connectivity index (χ2n) is 2.88. The molecular weight excluding hydrogens is 162 g/mol. The quantitative estimate of drug-likeness (QED) is 0.519. The van der Waals surface area contributed by atoms with E-state index in [9.17, 15) is 4.79 Å². The fourth-order valence-electron chi connectivity index (χ4n) is 0.459. The van der Waals surface area contributed by atoms with Gasteiger partial charge in [-0.2, -0.15) is 5.26 Å². The van der Waals surface area contributed by atoms with Crippen molar-refractivity contribution in [2.24, 2.45) is 5.41 Å². The first-order valence-corrected chi connectivity index (χ1v) is 4.23. The summed E-state index contributed by atoms with van der Waals surface area (Å²) in [6.45, 7) is 3.32. The van der Waals surface area contributed by atoms with Gasteiger partial charge in [0.2, 0.25) is 0 Å².